The van der Waals surface area contributed by atoms with Crippen molar-refractivity contribution < 1.29 is 10.2 Å². The van der Waals surface area contributed by atoms with E-state index in [1.807, 2.05) is 6.08 Å². The largest absolute Gasteiger partial charge is 0.396 e. The molecule has 0 spiro atoms. The van der Waals surface area contributed by atoms with Crippen LogP contribution >= 0.6 is 11.6 Å². The normalized spacial score (nSPS) is 26.1. The van der Waals surface area contributed by atoms with E-state index < -0.39 is 0 Å². The Morgan fingerprint density at radius 3 is 2.75 bits per heavy atom. The van der Waals surface area contributed by atoms with E-state index in [9.17, 15) is 10.2 Å². The fourth-order valence-corrected chi connectivity index (χ4v) is 3.05. The third-order valence-corrected chi connectivity index (χ3v) is 4.16. The van der Waals surface area contributed by atoms with Crippen molar-refractivity contribution in [2.45, 2.75) is 6.04 Å². The van der Waals surface area contributed by atoms with Crippen molar-refractivity contribution in [1.82, 2.24) is 19.5 Å². The van der Waals surface area contributed by atoms with Crippen LogP contribution in [0.1, 0.15) is 6.04 Å². The Bertz CT molecular complexity index is 671. The summed E-state index contributed by atoms with van der Waals surface area (Å²) in [6, 6.07) is -0.219. The van der Waals surface area contributed by atoms with E-state index in [-0.39, 0.29) is 31.1 Å². The summed E-state index contributed by atoms with van der Waals surface area (Å²) in [4.78, 5) is 12.3. The number of anilines is 1. The van der Waals surface area contributed by atoms with Crippen LogP contribution in [-0.4, -0.2) is 42.9 Å². The Morgan fingerprint density at radius 1 is 1.25 bits per heavy atom. The lowest BCUT2D eigenvalue weighted by molar-refractivity contribution is 0.130. The van der Waals surface area contributed by atoms with Gasteiger partial charge >= 0.3 is 0 Å². The third kappa shape index (κ3) is 1.86. The lowest BCUT2D eigenvalue weighted by Gasteiger charge is -2.23. The van der Waals surface area contributed by atoms with Crippen LogP contribution in [0.3, 0.4) is 0 Å². The summed E-state index contributed by atoms with van der Waals surface area (Å²) in [5.41, 5.74) is 6.86. The molecule has 3 rings (SSSR count). The van der Waals surface area contributed by atoms with E-state index in [1.54, 1.807) is 10.9 Å². The highest BCUT2D eigenvalue weighted by molar-refractivity contribution is 6.30. The average Bonchev–Trinajstić information content (AvgIpc) is 2.99. The standard InChI is InChI=1S/C12H14ClN5O2/c13-8-1-9(7(3-20)6(8)2-19)18-5-17-10-11(14)15-4-16-12(10)18/h1,4-7,9,19-20H,2-3H2,(H2,14,15,16)/t6-,7-,9+/m1/s1. The van der Waals surface area contributed by atoms with Crippen LogP contribution in [0.25, 0.3) is 11.2 Å². The molecule has 0 fully saturated rings. The zero-order valence-corrected chi connectivity index (χ0v) is 11.3. The molecule has 0 radical (unpaired) electrons. The van der Waals surface area contributed by atoms with Gasteiger partial charge in [0.1, 0.15) is 11.8 Å². The van der Waals surface area contributed by atoms with Gasteiger partial charge < -0.3 is 20.5 Å². The predicted octanol–water partition coefficient (Wildman–Crippen LogP) is 0.303. The molecule has 20 heavy (non-hydrogen) atoms. The van der Waals surface area contributed by atoms with Crippen LogP contribution in [-0.2, 0) is 0 Å². The van der Waals surface area contributed by atoms with Gasteiger partial charge in [0, 0.05) is 23.5 Å². The van der Waals surface area contributed by atoms with Crippen LogP contribution in [0.5, 0.6) is 0 Å². The van der Waals surface area contributed by atoms with Crippen LogP contribution in [0.4, 0.5) is 5.82 Å². The molecule has 0 aliphatic heterocycles. The van der Waals surface area contributed by atoms with Gasteiger partial charge in [-0.2, -0.15) is 0 Å². The maximum atomic E-state index is 9.59. The van der Waals surface area contributed by atoms with E-state index in [2.05, 4.69) is 15.0 Å². The lowest BCUT2D eigenvalue weighted by atomic mass is 9.94. The monoisotopic (exact) mass is 295 g/mol. The minimum Gasteiger partial charge on any atom is -0.396 e. The number of aromatic nitrogens is 4. The van der Waals surface area contributed by atoms with Gasteiger partial charge in [-0.25, -0.2) is 15.0 Å². The Hall–Kier alpha value is -1.70. The Labute approximate surface area is 119 Å². The van der Waals surface area contributed by atoms with Crippen molar-refractivity contribution in [3.63, 3.8) is 0 Å². The zero-order chi connectivity index (χ0) is 14.3. The first-order valence-electron chi connectivity index (χ1n) is 6.19. The van der Waals surface area contributed by atoms with Crippen molar-refractivity contribution in [2.75, 3.05) is 18.9 Å². The van der Waals surface area contributed by atoms with Gasteiger partial charge in [0.15, 0.2) is 11.5 Å². The van der Waals surface area contributed by atoms with E-state index in [4.69, 9.17) is 17.3 Å². The van der Waals surface area contributed by atoms with Gasteiger partial charge in [-0.05, 0) is 6.08 Å². The summed E-state index contributed by atoms with van der Waals surface area (Å²) >= 11 is 6.14. The zero-order valence-electron chi connectivity index (χ0n) is 10.5. The number of rotatable bonds is 3. The Morgan fingerprint density at radius 2 is 2.05 bits per heavy atom. The molecule has 2 heterocycles. The molecule has 0 amide bonds. The number of aliphatic hydroxyl groups is 2. The van der Waals surface area contributed by atoms with Crippen molar-refractivity contribution >= 4 is 28.6 Å². The number of nitrogens with zero attached hydrogens (tertiary/aromatic N) is 4. The number of halogens is 1. The molecule has 1 aliphatic rings. The fraction of sp³-hybridized carbons (Fsp3) is 0.417. The second kappa shape index (κ2) is 5.01. The predicted molar refractivity (Wildman–Crippen MR) is 73.9 cm³/mol. The second-order valence-corrected chi connectivity index (χ2v) is 5.20. The van der Waals surface area contributed by atoms with Crippen LogP contribution in [0, 0.1) is 11.8 Å². The minimum absolute atomic E-state index is 0.0944. The molecule has 4 N–H and O–H groups in total. The Balaban J connectivity index is 2.09. The topological polar surface area (TPSA) is 110 Å². The molecule has 0 saturated heterocycles. The van der Waals surface area contributed by atoms with Crippen molar-refractivity contribution in [3.05, 3.63) is 23.8 Å². The number of allylic oxidation sites excluding steroid dienone is 1. The van der Waals surface area contributed by atoms with Crippen LogP contribution in [0.2, 0.25) is 0 Å². The molecule has 3 atom stereocenters. The van der Waals surface area contributed by atoms with Crippen molar-refractivity contribution in [2.24, 2.45) is 11.8 Å². The van der Waals surface area contributed by atoms with E-state index in [0.29, 0.717) is 22.0 Å². The highest BCUT2D eigenvalue weighted by Crippen LogP contribution is 2.41. The van der Waals surface area contributed by atoms with Gasteiger partial charge in [-0.3, -0.25) is 0 Å². The first-order chi connectivity index (χ1) is 9.67. The number of hydrogen-bond donors (Lipinski definition) is 3. The van der Waals surface area contributed by atoms with Gasteiger partial charge in [0.2, 0.25) is 0 Å². The van der Waals surface area contributed by atoms with E-state index in [0.717, 1.165) is 0 Å². The van der Waals surface area contributed by atoms with Crippen LogP contribution < -0.4 is 5.73 Å². The number of aliphatic hydroxyl groups excluding tert-OH is 2. The number of imidazole rings is 1. The summed E-state index contributed by atoms with van der Waals surface area (Å²) in [5.74, 6) is -0.189. The molecule has 2 aromatic rings. The van der Waals surface area contributed by atoms with Crippen molar-refractivity contribution in [1.29, 1.82) is 0 Å². The van der Waals surface area contributed by atoms with E-state index >= 15 is 0 Å². The van der Waals surface area contributed by atoms with Crippen molar-refractivity contribution in [3.8, 4) is 0 Å². The maximum absolute atomic E-state index is 9.59. The molecular weight excluding hydrogens is 282 g/mol. The summed E-state index contributed by atoms with van der Waals surface area (Å²) in [5, 5.41) is 19.5. The number of fused-ring (bicyclic) bond motifs is 1. The van der Waals surface area contributed by atoms with Gasteiger partial charge in [-0.1, -0.05) is 11.6 Å². The van der Waals surface area contributed by atoms with Gasteiger partial charge in [0.05, 0.1) is 19.0 Å². The molecule has 1 aliphatic carbocycles. The average molecular weight is 296 g/mol. The highest BCUT2D eigenvalue weighted by atomic mass is 35.5. The molecular formula is C12H14ClN5O2. The fourth-order valence-electron chi connectivity index (χ4n) is 2.69. The third-order valence-electron chi connectivity index (χ3n) is 3.76. The number of nitrogen functional groups attached to an aromatic ring is 1. The summed E-state index contributed by atoms with van der Waals surface area (Å²) < 4.78 is 1.80. The van der Waals surface area contributed by atoms with Gasteiger partial charge in [-0.15, -0.1) is 0 Å². The molecule has 106 valence electrons. The lowest BCUT2D eigenvalue weighted by Crippen LogP contribution is -2.25. The number of nitrogens with two attached hydrogens (primary N) is 1. The highest BCUT2D eigenvalue weighted by Gasteiger charge is 2.37. The first kappa shape index (κ1) is 13.3. The smallest absolute Gasteiger partial charge is 0.165 e. The molecule has 0 saturated carbocycles. The Kier molecular flexibility index (Phi) is 3.33. The minimum atomic E-state index is -0.275. The maximum Gasteiger partial charge on any atom is 0.165 e. The SMILES string of the molecule is Nc1ncnc2c1ncn2[C@H]1C=C(Cl)[C@H](CO)[C@H]1CO. The summed E-state index contributed by atoms with van der Waals surface area (Å²) in [7, 11) is 0. The van der Waals surface area contributed by atoms with Gasteiger partial charge in [0.25, 0.3) is 0 Å². The number of hydrogen-bond acceptors (Lipinski definition) is 6. The quantitative estimate of drug-likeness (QED) is 0.751. The molecule has 0 aromatic carbocycles. The van der Waals surface area contributed by atoms with Crippen LogP contribution in [0.15, 0.2) is 23.8 Å². The second-order valence-electron chi connectivity index (χ2n) is 4.76. The summed E-state index contributed by atoms with van der Waals surface area (Å²) in [6.07, 6.45) is 4.78. The molecule has 2 aromatic heterocycles. The molecule has 8 heteroatoms. The summed E-state index contributed by atoms with van der Waals surface area (Å²) in [6.45, 7) is -0.205. The molecule has 0 bridgehead atoms. The first-order valence-corrected chi connectivity index (χ1v) is 6.57. The molecule has 7 nitrogen and oxygen atoms in total. The van der Waals surface area contributed by atoms with E-state index in [1.165, 1.54) is 6.33 Å². The molecule has 0 unspecified atom stereocenters.